The van der Waals surface area contributed by atoms with E-state index in [0.717, 1.165) is 17.1 Å². The van der Waals surface area contributed by atoms with Gasteiger partial charge in [-0.25, -0.2) is 9.97 Å². The van der Waals surface area contributed by atoms with Crippen LogP contribution in [0.2, 0.25) is 0 Å². The molecule has 2 aromatic carbocycles. The molecule has 4 rings (SSSR count). The zero-order valence-corrected chi connectivity index (χ0v) is 16.8. The van der Waals surface area contributed by atoms with Crippen molar-refractivity contribution in [1.29, 1.82) is 0 Å². The maximum absolute atomic E-state index is 13.4. The van der Waals surface area contributed by atoms with Crippen LogP contribution >= 0.6 is 11.8 Å². The summed E-state index contributed by atoms with van der Waals surface area (Å²) in [6.45, 7) is 4.26. The molecule has 0 unspecified atom stereocenters. The van der Waals surface area contributed by atoms with Gasteiger partial charge in [-0.1, -0.05) is 55.9 Å². The summed E-state index contributed by atoms with van der Waals surface area (Å²) in [5.41, 5.74) is 2.63. The van der Waals surface area contributed by atoms with Crippen molar-refractivity contribution in [1.82, 2.24) is 24.3 Å². The molecule has 0 amide bonds. The molecule has 0 spiro atoms. The van der Waals surface area contributed by atoms with Gasteiger partial charge in [-0.2, -0.15) is 5.10 Å². The number of thioether (sulfide) groups is 1. The van der Waals surface area contributed by atoms with Crippen molar-refractivity contribution in [3.8, 4) is 5.69 Å². The average molecular weight is 392 g/mol. The SMILES string of the molecule is CC(C)c1ccccc1-n1c(SCc2ncnn2C)nc2ccccc2c1=O. The van der Waals surface area contributed by atoms with Gasteiger partial charge < -0.3 is 0 Å². The molecule has 0 fully saturated rings. The van der Waals surface area contributed by atoms with Crippen LogP contribution in [-0.4, -0.2) is 24.3 Å². The minimum atomic E-state index is -0.0563. The first-order chi connectivity index (χ1) is 13.6. The summed E-state index contributed by atoms with van der Waals surface area (Å²) in [6.07, 6.45) is 1.53. The van der Waals surface area contributed by atoms with E-state index in [9.17, 15) is 4.79 Å². The molecular formula is C21H21N5OS. The molecule has 0 radical (unpaired) electrons. The summed E-state index contributed by atoms with van der Waals surface area (Å²) in [4.78, 5) is 22.5. The molecule has 0 atom stereocenters. The van der Waals surface area contributed by atoms with E-state index < -0.39 is 0 Å². The first kappa shape index (κ1) is 18.4. The van der Waals surface area contributed by atoms with Crippen molar-refractivity contribution in [2.45, 2.75) is 30.7 Å². The van der Waals surface area contributed by atoms with Gasteiger partial charge in [0.05, 0.1) is 22.3 Å². The van der Waals surface area contributed by atoms with Crippen molar-refractivity contribution >= 4 is 22.7 Å². The third-order valence-corrected chi connectivity index (χ3v) is 5.61. The van der Waals surface area contributed by atoms with Crippen LogP contribution in [0, 0.1) is 0 Å². The normalized spacial score (nSPS) is 11.4. The number of nitrogens with zero attached hydrogens (tertiary/aromatic N) is 5. The zero-order chi connectivity index (χ0) is 19.7. The van der Waals surface area contributed by atoms with Gasteiger partial charge in [-0.15, -0.1) is 0 Å². The molecule has 6 nitrogen and oxygen atoms in total. The largest absolute Gasteiger partial charge is 0.268 e. The highest BCUT2D eigenvalue weighted by molar-refractivity contribution is 7.98. The third-order valence-electron chi connectivity index (χ3n) is 4.68. The van der Waals surface area contributed by atoms with Gasteiger partial charge in [0.25, 0.3) is 5.56 Å². The minimum absolute atomic E-state index is 0.0563. The van der Waals surface area contributed by atoms with Gasteiger partial charge in [0.15, 0.2) is 5.16 Å². The number of hydrogen-bond donors (Lipinski definition) is 0. The molecule has 4 aromatic rings. The summed E-state index contributed by atoms with van der Waals surface area (Å²) in [5.74, 6) is 1.69. The second-order valence-electron chi connectivity index (χ2n) is 6.85. The Bertz CT molecular complexity index is 1190. The average Bonchev–Trinajstić information content (AvgIpc) is 3.11. The van der Waals surface area contributed by atoms with Gasteiger partial charge in [-0.05, 0) is 29.7 Å². The van der Waals surface area contributed by atoms with Crippen molar-refractivity contribution in [2.24, 2.45) is 7.05 Å². The topological polar surface area (TPSA) is 65.6 Å². The standard InChI is InChI=1S/C21H21N5OS/c1-14(2)15-8-5-7-11-18(15)26-20(27)16-9-4-6-10-17(16)24-21(26)28-12-19-22-13-23-25(19)3/h4-11,13-14H,12H2,1-3H3. The van der Waals surface area contributed by atoms with E-state index in [0.29, 0.717) is 21.8 Å². The van der Waals surface area contributed by atoms with Crippen LogP contribution in [0.25, 0.3) is 16.6 Å². The molecule has 0 saturated heterocycles. The van der Waals surface area contributed by atoms with Gasteiger partial charge in [0, 0.05) is 7.05 Å². The number of rotatable bonds is 5. The highest BCUT2D eigenvalue weighted by Gasteiger charge is 2.17. The highest BCUT2D eigenvalue weighted by atomic mass is 32.2. The number of aryl methyl sites for hydroxylation is 1. The number of aromatic nitrogens is 5. The lowest BCUT2D eigenvalue weighted by Gasteiger charge is -2.18. The van der Waals surface area contributed by atoms with Crippen LogP contribution in [0.15, 0.2) is 64.8 Å². The van der Waals surface area contributed by atoms with E-state index >= 15 is 0 Å². The second kappa shape index (κ2) is 7.59. The van der Waals surface area contributed by atoms with E-state index in [1.165, 1.54) is 18.1 Å². The number of benzene rings is 2. The van der Waals surface area contributed by atoms with Crippen LogP contribution in [0.1, 0.15) is 31.2 Å². The van der Waals surface area contributed by atoms with Crippen LogP contribution in [0.4, 0.5) is 0 Å². The summed E-state index contributed by atoms with van der Waals surface area (Å²) in [7, 11) is 1.86. The van der Waals surface area contributed by atoms with E-state index in [1.807, 2.05) is 49.5 Å². The first-order valence-electron chi connectivity index (χ1n) is 9.13. The summed E-state index contributed by atoms with van der Waals surface area (Å²) in [6, 6.07) is 15.5. The maximum Gasteiger partial charge on any atom is 0.266 e. The Morgan fingerprint density at radius 2 is 1.82 bits per heavy atom. The van der Waals surface area contributed by atoms with Crippen LogP contribution in [0.5, 0.6) is 0 Å². The number of fused-ring (bicyclic) bond motifs is 1. The highest BCUT2D eigenvalue weighted by Crippen LogP contribution is 2.28. The molecular weight excluding hydrogens is 370 g/mol. The van der Waals surface area contributed by atoms with Crippen LogP contribution in [-0.2, 0) is 12.8 Å². The molecule has 142 valence electrons. The van der Waals surface area contributed by atoms with E-state index in [1.54, 1.807) is 9.25 Å². The van der Waals surface area contributed by atoms with Gasteiger partial charge in [0.2, 0.25) is 0 Å². The lowest BCUT2D eigenvalue weighted by atomic mass is 10.0. The second-order valence-corrected chi connectivity index (χ2v) is 7.80. The van der Waals surface area contributed by atoms with Gasteiger partial charge >= 0.3 is 0 Å². The van der Waals surface area contributed by atoms with Gasteiger partial charge in [-0.3, -0.25) is 14.0 Å². The smallest absolute Gasteiger partial charge is 0.266 e. The fourth-order valence-electron chi connectivity index (χ4n) is 3.18. The molecule has 7 heteroatoms. The van der Waals surface area contributed by atoms with Crippen molar-refractivity contribution < 1.29 is 0 Å². The maximum atomic E-state index is 13.4. The molecule has 28 heavy (non-hydrogen) atoms. The lowest BCUT2D eigenvalue weighted by molar-refractivity contribution is 0.728. The Labute approximate surface area is 167 Å². The Morgan fingerprint density at radius 1 is 1.07 bits per heavy atom. The van der Waals surface area contributed by atoms with Crippen LogP contribution in [0.3, 0.4) is 0 Å². The predicted octanol–water partition coefficient (Wildman–Crippen LogP) is 3.93. The van der Waals surface area contributed by atoms with Gasteiger partial charge in [0.1, 0.15) is 12.2 Å². The minimum Gasteiger partial charge on any atom is -0.268 e. The molecule has 2 aromatic heterocycles. The summed E-state index contributed by atoms with van der Waals surface area (Å²) < 4.78 is 3.47. The fraction of sp³-hybridized carbons (Fsp3) is 0.238. The van der Waals surface area contributed by atoms with Crippen molar-refractivity contribution in [2.75, 3.05) is 0 Å². The van der Waals surface area contributed by atoms with E-state index in [2.05, 4.69) is 30.0 Å². The Hall–Kier alpha value is -2.93. The Balaban J connectivity index is 1.92. The van der Waals surface area contributed by atoms with Crippen LogP contribution < -0.4 is 5.56 Å². The molecule has 0 aliphatic rings. The number of hydrogen-bond acceptors (Lipinski definition) is 5. The quantitative estimate of drug-likeness (QED) is 0.381. The van der Waals surface area contributed by atoms with E-state index in [-0.39, 0.29) is 11.5 Å². The summed E-state index contributed by atoms with van der Waals surface area (Å²) >= 11 is 1.49. The molecule has 2 heterocycles. The molecule has 0 N–H and O–H groups in total. The fourth-order valence-corrected chi connectivity index (χ4v) is 4.17. The van der Waals surface area contributed by atoms with Crippen molar-refractivity contribution in [3.63, 3.8) is 0 Å². The molecule has 0 aliphatic carbocycles. The molecule has 0 bridgehead atoms. The molecule has 0 saturated carbocycles. The Kier molecular flexibility index (Phi) is 5.00. The lowest BCUT2D eigenvalue weighted by Crippen LogP contribution is -2.23. The number of para-hydroxylation sites is 2. The van der Waals surface area contributed by atoms with Crippen molar-refractivity contribution in [3.05, 3.63) is 76.6 Å². The predicted molar refractivity (Wildman–Crippen MR) is 112 cm³/mol. The Morgan fingerprint density at radius 3 is 2.57 bits per heavy atom. The molecule has 0 aliphatic heterocycles. The third kappa shape index (κ3) is 3.33. The monoisotopic (exact) mass is 391 g/mol. The van der Waals surface area contributed by atoms with E-state index in [4.69, 9.17) is 4.98 Å². The summed E-state index contributed by atoms with van der Waals surface area (Å²) in [5, 5.41) is 5.39. The first-order valence-corrected chi connectivity index (χ1v) is 10.1. The zero-order valence-electron chi connectivity index (χ0n) is 16.0.